The number of hydrogen-bond acceptors (Lipinski definition) is 6. The number of carbonyl (C=O) groups is 1. The van der Waals surface area contributed by atoms with E-state index in [0.717, 1.165) is 93.4 Å². The number of morpholine rings is 1. The van der Waals surface area contributed by atoms with Crippen molar-refractivity contribution in [1.82, 2.24) is 30.0 Å². The number of Topliss-reactive ketones (excluding diaryl/α,β-unsaturated/α-hetero) is 1. The number of benzene rings is 2. The number of hydrogen-bond donors (Lipinski definition) is 2. The molecule has 0 saturated carbocycles. The van der Waals surface area contributed by atoms with Crippen LogP contribution in [0, 0.1) is 5.92 Å². The molecule has 8 heteroatoms. The largest absolute Gasteiger partial charge is 0.379 e. The molecule has 2 aromatic carbocycles. The van der Waals surface area contributed by atoms with Crippen LogP contribution in [0.25, 0.3) is 22.6 Å². The first-order valence-electron chi connectivity index (χ1n) is 13.3. The van der Waals surface area contributed by atoms with Crippen molar-refractivity contribution in [1.29, 1.82) is 0 Å². The molecular formula is C29H34N6O2. The molecule has 2 N–H and O–H groups in total. The molecule has 4 heterocycles. The molecule has 2 saturated heterocycles. The molecule has 4 aromatic rings. The van der Waals surface area contributed by atoms with Crippen molar-refractivity contribution in [2.75, 3.05) is 39.4 Å². The highest BCUT2D eigenvalue weighted by Crippen LogP contribution is 2.26. The SMILES string of the molecule is O=C(Cc1cn[nH]c1-c1nc2ccc(CN3CCOCC3)cc2[nH]1)C1CCN(Cc2ccccc2)CC1. The normalized spacial score (nSPS) is 17.9. The minimum atomic E-state index is 0.105. The lowest BCUT2D eigenvalue weighted by molar-refractivity contribution is -0.123. The highest BCUT2D eigenvalue weighted by atomic mass is 16.5. The third-order valence-corrected chi connectivity index (χ3v) is 7.67. The van der Waals surface area contributed by atoms with Crippen LogP contribution < -0.4 is 0 Å². The maximum atomic E-state index is 13.2. The van der Waals surface area contributed by atoms with Crippen molar-refractivity contribution in [2.24, 2.45) is 5.92 Å². The first-order valence-corrected chi connectivity index (χ1v) is 13.3. The summed E-state index contributed by atoms with van der Waals surface area (Å²) in [4.78, 5) is 26.3. The zero-order valence-electron chi connectivity index (χ0n) is 21.2. The summed E-state index contributed by atoms with van der Waals surface area (Å²) in [5.74, 6) is 1.13. The zero-order chi connectivity index (χ0) is 25.0. The van der Waals surface area contributed by atoms with Crippen LogP contribution in [-0.2, 0) is 29.0 Å². The van der Waals surface area contributed by atoms with Gasteiger partial charge in [-0.2, -0.15) is 5.10 Å². The smallest absolute Gasteiger partial charge is 0.156 e. The Morgan fingerprint density at radius 3 is 2.51 bits per heavy atom. The second kappa shape index (κ2) is 11.0. The van der Waals surface area contributed by atoms with Gasteiger partial charge < -0.3 is 9.72 Å². The molecule has 0 atom stereocenters. The van der Waals surface area contributed by atoms with Crippen molar-refractivity contribution < 1.29 is 9.53 Å². The summed E-state index contributed by atoms with van der Waals surface area (Å²) in [6.07, 6.45) is 3.98. The fourth-order valence-corrected chi connectivity index (χ4v) is 5.53. The van der Waals surface area contributed by atoms with E-state index in [4.69, 9.17) is 9.72 Å². The molecule has 6 rings (SSSR count). The summed E-state index contributed by atoms with van der Waals surface area (Å²) in [5.41, 5.74) is 6.21. The number of ether oxygens (including phenoxy) is 1. The lowest BCUT2D eigenvalue weighted by Gasteiger charge is -2.31. The van der Waals surface area contributed by atoms with E-state index in [1.165, 1.54) is 11.1 Å². The van der Waals surface area contributed by atoms with Crippen molar-refractivity contribution in [3.8, 4) is 11.5 Å². The first kappa shape index (κ1) is 24.0. The predicted molar refractivity (Wildman–Crippen MR) is 143 cm³/mol. The van der Waals surface area contributed by atoms with Crippen molar-refractivity contribution in [2.45, 2.75) is 32.4 Å². The molecule has 2 fully saturated rings. The van der Waals surface area contributed by atoms with Gasteiger partial charge in [-0.3, -0.25) is 19.7 Å². The number of ketones is 1. The van der Waals surface area contributed by atoms with E-state index in [9.17, 15) is 4.79 Å². The van der Waals surface area contributed by atoms with Gasteiger partial charge in [-0.25, -0.2) is 4.98 Å². The molecule has 0 bridgehead atoms. The highest BCUT2D eigenvalue weighted by molar-refractivity contribution is 5.85. The second-order valence-electron chi connectivity index (χ2n) is 10.3. The summed E-state index contributed by atoms with van der Waals surface area (Å²) in [6, 6.07) is 16.9. The first-order chi connectivity index (χ1) is 18.2. The van der Waals surface area contributed by atoms with Crippen molar-refractivity contribution in [3.05, 3.63) is 71.4 Å². The number of H-pyrrole nitrogens is 2. The van der Waals surface area contributed by atoms with Crippen molar-refractivity contribution >= 4 is 16.8 Å². The van der Waals surface area contributed by atoms with E-state index in [2.05, 4.69) is 67.4 Å². The molecule has 0 spiro atoms. The Morgan fingerprint density at radius 2 is 1.70 bits per heavy atom. The molecule has 0 unspecified atom stereocenters. The van der Waals surface area contributed by atoms with Crippen LogP contribution in [0.2, 0.25) is 0 Å². The Bertz CT molecular complexity index is 1330. The van der Waals surface area contributed by atoms with Gasteiger partial charge in [0, 0.05) is 44.1 Å². The lowest BCUT2D eigenvalue weighted by Crippen LogP contribution is -2.36. The van der Waals surface area contributed by atoms with Gasteiger partial charge in [-0.05, 0) is 49.2 Å². The van der Waals surface area contributed by atoms with E-state index in [1.807, 2.05) is 6.07 Å². The van der Waals surface area contributed by atoms with Gasteiger partial charge in [0.25, 0.3) is 0 Å². The Balaban J connectivity index is 1.09. The number of aromatic nitrogens is 4. The average molecular weight is 499 g/mol. The number of likely N-dealkylation sites (tertiary alicyclic amines) is 1. The van der Waals surface area contributed by atoms with E-state index in [1.54, 1.807) is 6.20 Å². The second-order valence-corrected chi connectivity index (χ2v) is 10.3. The molecule has 192 valence electrons. The van der Waals surface area contributed by atoms with Crippen LogP contribution in [0.3, 0.4) is 0 Å². The number of imidazole rings is 1. The number of aromatic amines is 2. The minimum absolute atomic E-state index is 0.105. The van der Waals surface area contributed by atoms with Crippen LogP contribution in [0.1, 0.15) is 29.5 Å². The number of nitrogens with one attached hydrogen (secondary N) is 2. The molecule has 0 aliphatic carbocycles. The summed E-state index contributed by atoms with van der Waals surface area (Å²) in [7, 11) is 0. The van der Waals surface area contributed by atoms with E-state index < -0.39 is 0 Å². The molecule has 2 aliphatic heterocycles. The van der Waals surface area contributed by atoms with Gasteiger partial charge in [0.05, 0.1) is 30.4 Å². The van der Waals surface area contributed by atoms with E-state index in [0.29, 0.717) is 12.2 Å². The standard InChI is InChI=1S/C29H34N6O2/c36-27(23-8-10-34(11-9-23)19-21-4-2-1-3-5-21)17-24-18-30-33-28(24)29-31-25-7-6-22(16-26(25)32-29)20-35-12-14-37-15-13-35/h1-7,16,18,23H,8-15,17,19-20H2,(H,30,33)(H,31,32). The molecule has 8 nitrogen and oxygen atoms in total. The quantitative estimate of drug-likeness (QED) is 0.384. The van der Waals surface area contributed by atoms with Crippen LogP contribution in [-0.4, -0.2) is 75.1 Å². The third-order valence-electron chi connectivity index (χ3n) is 7.67. The molecule has 0 amide bonds. The summed E-state index contributed by atoms with van der Waals surface area (Å²) in [5, 5.41) is 7.34. The number of nitrogens with zero attached hydrogens (tertiary/aromatic N) is 4. The summed E-state index contributed by atoms with van der Waals surface area (Å²) < 4.78 is 5.46. The Kier molecular flexibility index (Phi) is 7.12. The van der Waals surface area contributed by atoms with Gasteiger partial charge in [-0.1, -0.05) is 36.4 Å². The van der Waals surface area contributed by atoms with E-state index >= 15 is 0 Å². The Hall–Kier alpha value is -3.33. The van der Waals surface area contributed by atoms with Gasteiger partial charge >= 0.3 is 0 Å². The number of fused-ring (bicyclic) bond motifs is 1. The van der Waals surface area contributed by atoms with Gasteiger partial charge in [0.2, 0.25) is 0 Å². The Morgan fingerprint density at radius 1 is 0.946 bits per heavy atom. The lowest BCUT2D eigenvalue weighted by atomic mass is 9.89. The van der Waals surface area contributed by atoms with Gasteiger partial charge in [0.1, 0.15) is 11.5 Å². The molecule has 2 aromatic heterocycles. The summed E-state index contributed by atoms with van der Waals surface area (Å²) >= 11 is 0. The maximum Gasteiger partial charge on any atom is 0.156 e. The predicted octanol–water partition coefficient (Wildman–Crippen LogP) is 3.81. The number of carbonyl (C=O) groups excluding carboxylic acids is 1. The van der Waals surface area contributed by atoms with Gasteiger partial charge in [0.15, 0.2) is 5.82 Å². The average Bonchev–Trinajstić information content (AvgIpc) is 3.56. The molecule has 37 heavy (non-hydrogen) atoms. The van der Waals surface area contributed by atoms with Crippen molar-refractivity contribution in [3.63, 3.8) is 0 Å². The van der Waals surface area contributed by atoms with Crippen LogP contribution in [0.5, 0.6) is 0 Å². The summed E-state index contributed by atoms with van der Waals surface area (Å²) in [6.45, 7) is 7.29. The minimum Gasteiger partial charge on any atom is -0.379 e. The zero-order valence-corrected chi connectivity index (χ0v) is 21.2. The van der Waals surface area contributed by atoms with Crippen LogP contribution in [0.4, 0.5) is 0 Å². The third kappa shape index (κ3) is 5.66. The molecular weight excluding hydrogens is 464 g/mol. The monoisotopic (exact) mass is 498 g/mol. The Labute approximate surface area is 217 Å². The number of rotatable bonds is 8. The topological polar surface area (TPSA) is 90.1 Å². The highest BCUT2D eigenvalue weighted by Gasteiger charge is 2.26. The number of piperidine rings is 1. The van der Waals surface area contributed by atoms with E-state index in [-0.39, 0.29) is 5.92 Å². The fourth-order valence-electron chi connectivity index (χ4n) is 5.53. The maximum absolute atomic E-state index is 13.2. The van der Waals surface area contributed by atoms with Crippen LogP contribution >= 0.6 is 0 Å². The molecule has 2 aliphatic rings. The molecule has 0 radical (unpaired) electrons. The van der Waals surface area contributed by atoms with Gasteiger partial charge in [-0.15, -0.1) is 0 Å². The fraction of sp³-hybridized carbons (Fsp3) is 0.414. The van der Waals surface area contributed by atoms with Crippen LogP contribution in [0.15, 0.2) is 54.7 Å².